The summed E-state index contributed by atoms with van der Waals surface area (Å²) in [5.41, 5.74) is 11.2. The van der Waals surface area contributed by atoms with Crippen molar-refractivity contribution in [2.75, 3.05) is 0 Å². The van der Waals surface area contributed by atoms with E-state index in [1.807, 2.05) is 19.4 Å². The summed E-state index contributed by atoms with van der Waals surface area (Å²) in [5.74, 6) is 0. The highest BCUT2D eigenvalue weighted by atomic mass is 15.1. The van der Waals surface area contributed by atoms with Crippen molar-refractivity contribution < 1.29 is 0 Å². The van der Waals surface area contributed by atoms with Crippen molar-refractivity contribution in [3.8, 4) is 5.69 Å². The molecule has 2 aromatic rings. The number of nitrogens with two attached hydrogens (primary N) is 1. The van der Waals surface area contributed by atoms with Crippen LogP contribution >= 0.6 is 0 Å². The van der Waals surface area contributed by atoms with Crippen molar-refractivity contribution in [3.05, 3.63) is 47.5 Å². The summed E-state index contributed by atoms with van der Waals surface area (Å²) in [6, 6.07) is 6.68. The van der Waals surface area contributed by atoms with Gasteiger partial charge in [0.1, 0.15) is 0 Å². The summed E-state index contributed by atoms with van der Waals surface area (Å²) in [4.78, 5) is 4.20. The van der Waals surface area contributed by atoms with E-state index in [-0.39, 0.29) is 6.04 Å². The first-order valence-electron chi connectivity index (χ1n) is 6.15. The molecule has 0 saturated heterocycles. The zero-order valence-electron chi connectivity index (χ0n) is 10.1. The second-order valence-corrected chi connectivity index (χ2v) is 4.78. The Hall–Kier alpha value is -1.61. The van der Waals surface area contributed by atoms with Gasteiger partial charge in [0.2, 0.25) is 0 Å². The zero-order chi connectivity index (χ0) is 11.8. The Bertz CT molecular complexity index is 540. The van der Waals surface area contributed by atoms with Gasteiger partial charge in [-0.3, -0.25) is 0 Å². The van der Waals surface area contributed by atoms with Gasteiger partial charge >= 0.3 is 0 Å². The second kappa shape index (κ2) is 4.00. The molecular formula is C14H17N3. The van der Waals surface area contributed by atoms with Gasteiger partial charge in [0.15, 0.2) is 0 Å². The molecule has 88 valence electrons. The highest BCUT2D eigenvalue weighted by Crippen LogP contribution is 2.25. The quantitative estimate of drug-likeness (QED) is 0.856. The van der Waals surface area contributed by atoms with Gasteiger partial charge in [-0.25, -0.2) is 4.98 Å². The predicted molar refractivity (Wildman–Crippen MR) is 68.2 cm³/mol. The predicted octanol–water partition coefficient (Wildman–Crippen LogP) is 2.38. The fourth-order valence-electron chi connectivity index (χ4n) is 2.57. The van der Waals surface area contributed by atoms with E-state index in [2.05, 4.69) is 27.8 Å². The van der Waals surface area contributed by atoms with Crippen LogP contribution in [0.2, 0.25) is 0 Å². The summed E-state index contributed by atoms with van der Waals surface area (Å²) < 4.78 is 2.09. The largest absolute Gasteiger partial charge is 0.323 e. The van der Waals surface area contributed by atoms with Crippen LogP contribution in [-0.4, -0.2) is 9.55 Å². The summed E-state index contributed by atoms with van der Waals surface area (Å²) in [6.45, 7) is 1.99. The maximum absolute atomic E-state index is 5.95. The van der Waals surface area contributed by atoms with Gasteiger partial charge in [-0.1, -0.05) is 6.07 Å². The van der Waals surface area contributed by atoms with Crippen LogP contribution in [0.1, 0.15) is 36.2 Å². The number of fused-ring (bicyclic) bond motifs is 1. The fraction of sp³-hybridized carbons (Fsp3) is 0.357. The van der Waals surface area contributed by atoms with E-state index in [0.717, 1.165) is 5.69 Å². The molecule has 3 heteroatoms. The molecule has 0 unspecified atom stereocenters. The Morgan fingerprint density at radius 3 is 2.94 bits per heavy atom. The number of aromatic nitrogens is 2. The van der Waals surface area contributed by atoms with E-state index >= 15 is 0 Å². The van der Waals surface area contributed by atoms with Crippen LogP contribution in [-0.2, 0) is 12.8 Å². The molecular weight excluding hydrogens is 210 g/mol. The van der Waals surface area contributed by atoms with Crippen LogP contribution in [0.5, 0.6) is 0 Å². The molecule has 0 spiro atoms. The summed E-state index contributed by atoms with van der Waals surface area (Å²) in [6.07, 6.45) is 7.39. The van der Waals surface area contributed by atoms with Crippen LogP contribution in [0.15, 0.2) is 30.7 Å². The van der Waals surface area contributed by atoms with E-state index in [1.165, 1.54) is 36.1 Å². The molecule has 0 radical (unpaired) electrons. The van der Waals surface area contributed by atoms with Gasteiger partial charge in [-0.15, -0.1) is 0 Å². The lowest BCUT2D eigenvalue weighted by Gasteiger charge is -2.12. The summed E-state index contributed by atoms with van der Waals surface area (Å²) in [7, 11) is 0. The Morgan fingerprint density at radius 2 is 2.12 bits per heavy atom. The van der Waals surface area contributed by atoms with Crippen molar-refractivity contribution >= 4 is 0 Å². The molecule has 2 N–H and O–H groups in total. The molecule has 0 bridgehead atoms. The van der Waals surface area contributed by atoms with Gasteiger partial charge in [-0.2, -0.15) is 0 Å². The number of nitrogens with zero attached hydrogens (tertiary/aromatic N) is 2. The van der Waals surface area contributed by atoms with Crippen molar-refractivity contribution in [3.63, 3.8) is 0 Å². The molecule has 1 atom stereocenters. The van der Waals surface area contributed by atoms with Crippen LogP contribution in [0, 0.1) is 0 Å². The molecule has 17 heavy (non-hydrogen) atoms. The van der Waals surface area contributed by atoms with E-state index in [4.69, 9.17) is 5.73 Å². The van der Waals surface area contributed by atoms with Crippen molar-refractivity contribution in [1.29, 1.82) is 0 Å². The minimum absolute atomic E-state index is 0.00533. The maximum Gasteiger partial charge on any atom is 0.0994 e. The minimum Gasteiger partial charge on any atom is -0.323 e. The van der Waals surface area contributed by atoms with Gasteiger partial charge in [0.05, 0.1) is 18.2 Å². The maximum atomic E-state index is 5.95. The molecule has 1 aliphatic carbocycles. The normalized spacial score (nSPS) is 15.9. The minimum atomic E-state index is 0.00533. The second-order valence-electron chi connectivity index (χ2n) is 4.78. The topological polar surface area (TPSA) is 43.8 Å². The molecule has 0 amide bonds. The zero-order valence-corrected chi connectivity index (χ0v) is 10.1. The smallest absolute Gasteiger partial charge is 0.0994 e. The Kier molecular flexibility index (Phi) is 2.48. The molecule has 1 aliphatic rings. The molecule has 0 fully saturated rings. The number of hydrogen-bond donors (Lipinski definition) is 1. The lowest BCUT2D eigenvalue weighted by molar-refractivity contribution is 0.752. The molecule has 3 rings (SSSR count). The van der Waals surface area contributed by atoms with E-state index in [0.29, 0.717) is 0 Å². The lowest BCUT2D eigenvalue weighted by Crippen LogP contribution is -2.10. The van der Waals surface area contributed by atoms with Crippen LogP contribution in [0.3, 0.4) is 0 Å². The van der Waals surface area contributed by atoms with Gasteiger partial charge in [0, 0.05) is 11.7 Å². The van der Waals surface area contributed by atoms with E-state index in [1.54, 1.807) is 0 Å². The number of imidazole rings is 1. The molecule has 1 heterocycles. The fourth-order valence-corrected chi connectivity index (χ4v) is 2.57. The Morgan fingerprint density at radius 1 is 1.29 bits per heavy atom. The SMILES string of the molecule is C[C@H](N)c1cncn1-c1ccc2c(c1)CCC2. The Balaban J connectivity index is 2.06. The number of benzene rings is 1. The number of aryl methyl sites for hydroxylation is 2. The third kappa shape index (κ3) is 1.76. The van der Waals surface area contributed by atoms with Crippen molar-refractivity contribution in [2.45, 2.75) is 32.2 Å². The molecule has 3 nitrogen and oxygen atoms in total. The third-order valence-corrected chi connectivity index (χ3v) is 3.49. The van der Waals surface area contributed by atoms with Gasteiger partial charge < -0.3 is 10.3 Å². The standard InChI is InChI=1S/C14H17N3/c1-10(15)14-8-16-9-17(14)13-6-5-11-3-2-4-12(11)7-13/h5-10H,2-4,15H2,1H3/t10-/m0/s1. The van der Waals surface area contributed by atoms with Crippen LogP contribution in [0.25, 0.3) is 5.69 Å². The van der Waals surface area contributed by atoms with Crippen LogP contribution < -0.4 is 5.73 Å². The van der Waals surface area contributed by atoms with Crippen LogP contribution in [0.4, 0.5) is 0 Å². The van der Waals surface area contributed by atoms with Gasteiger partial charge in [0.25, 0.3) is 0 Å². The summed E-state index contributed by atoms with van der Waals surface area (Å²) in [5, 5.41) is 0. The van der Waals surface area contributed by atoms with E-state index < -0.39 is 0 Å². The average molecular weight is 227 g/mol. The first-order valence-corrected chi connectivity index (χ1v) is 6.15. The lowest BCUT2D eigenvalue weighted by atomic mass is 10.1. The molecule has 0 aliphatic heterocycles. The number of hydrogen-bond acceptors (Lipinski definition) is 2. The Labute approximate surface area is 101 Å². The third-order valence-electron chi connectivity index (χ3n) is 3.49. The highest BCUT2D eigenvalue weighted by Gasteiger charge is 2.13. The van der Waals surface area contributed by atoms with Crippen molar-refractivity contribution in [1.82, 2.24) is 9.55 Å². The first-order chi connectivity index (χ1) is 8.25. The monoisotopic (exact) mass is 227 g/mol. The van der Waals surface area contributed by atoms with Gasteiger partial charge in [-0.05, 0) is 49.4 Å². The van der Waals surface area contributed by atoms with Crippen molar-refractivity contribution in [2.24, 2.45) is 5.73 Å². The first kappa shape index (κ1) is 10.5. The molecule has 1 aromatic carbocycles. The molecule has 1 aromatic heterocycles. The molecule has 0 saturated carbocycles. The number of rotatable bonds is 2. The summed E-state index contributed by atoms with van der Waals surface area (Å²) >= 11 is 0. The average Bonchev–Trinajstić information content (AvgIpc) is 2.96. The highest BCUT2D eigenvalue weighted by molar-refractivity contribution is 5.43. The van der Waals surface area contributed by atoms with E-state index in [9.17, 15) is 0 Å².